The van der Waals surface area contributed by atoms with E-state index >= 15 is 0 Å². The largest absolute Gasteiger partial charge is 0.384 e. The van der Waals surface area contributed by atoms with Crippen LogP contribution in [0.15, 0.2) is 18.2 Å². The van der Waals surface area contributed by atoms with E-state index in [1.54, 1.807) is 0 Å². The molecule has 0 aromatic heterocycles. The molecule has 1 aliphatic heterocycles. The van der Waals surface area contributed by atoms with Crippen LogP contribution >= 0.6 is 0 Å². The normalized spacial score (nSPS) is 17.1. The molecule has 0 aliphatic carbocycles. The van der Waals surface area contributed by atoms with Gasteiger partial charge in [-0.25, -0.2) is 0 Å². The van der Waals surface area contributed by atoms with E-state index in [-0.39, 0.29) is 0 Å². The summed E-state index contributed by atoms with van der Waals surface area (Å²) in [5.41, 5.74) is 3.92. The van der Waals surface area contributed by atoms with Crippen LogP contribution in [0.3, 0.4) is 0 Å². The second-order valence-corrected chi connectivity index (χ2v) is 4.68. The number of ether oxygens (including phenoxy) is 1. The lowest BCUT2D eigenvalue weighted by Crippen LogP contribution is -2.39. The third-order valence-corrected chi connectivity index (χ3v) is 3.37. The lowest BCUT2D eigenvalue weighted by molar-refractivity contribution is 0.0398. The highest BCUT2D eigenvalue weighted by Crippen LogP contribution is 2.13. The van der Waals surface area contributed by atoms with Crippen molar-refractivity contribution in [3.8, 4) is 0 Å². The Hall–Kier alpha value is -1.06. The van der Waals surface area contributed by atoms with Gasteiger partial charge in [-0.05, 0) is 37.1 Å². The van der Waals surface area contributed by atoms with Crippen molar-refractivity contribution in [2.45, 2.75) is 13.8 Å². The third kappa shape index (κ3) is 3.72. The Kier molecular flexibility index (Phi) is 4.40. The van der Waals surface area contributed by atoms with Crippen molar-refractivity contribution in [1.82, 2.24) is 4.90 Å². The molecule has 1 N–H and O–H groups in total. The smallest absolute Gasteiger partial charge is 0.0594 e. The van der Waals surface area contributed by atoms with Gasteiger partial charge in [0, 0.05) is 31.9 Å². The Morgan fingerprint density at radius 2 is 1.94 bits per heavy atom. The molecule has 17 heavy (non-hydrogen) atoms. The highest BCUT2D eigenvalue weighted by molar-refractivity contribution is 5.48. The quantitative estimate of drug-likeness (QED) is 0.863. The highest BCUT2D eigenvalue weighted by atomic mass is 16.5. The van der Waals surface area contributed by atoms with Gasteiger partial charge >= 0.3 is 0 Å². The Morgan fingerprint density at radius 3 is 2.65 bits per heavy atom. The van der Waals surface area contributed by atoms with Crippen LogP contribution < -0.4 is 5.32 Å². The zero-order valence-corrected chi connectivity index (χ0v) is 10.8. The maximum atomic E-state index is 5.33. The predicted octanol–water partition coefficient (Wildman–Crippen LogP) is 2.05. The lowest BCUT2D eigenvalue weighted by atomic mass is 10.1. The Morgan fingerprint density at radius 1 is 1.18 bits per heavy atom. The summed E-state index contributed by atoms with van der Waals surface area (Å²) in [6.07, 6.45) is 0. The van der Waals surface area contributed by atoms with Gasteiger partial charge in [-0.2, -0.15) is 0 Å². The molecule has 2 rings (SSSR count). The van der Waals surface area contributed by atoms with E-state index in [1.165, 1.54) is 16.8 Å². The van der Waals surface area contributed by atoms with Crippen molar-refractivity contribution in [1.29, 1.82) is 0 Å². The van der Waals surface area contributed by atoms with Crippen molar-refractivity contribution in [3.05, 3.63) is 29.3 Å². The number of benzene rings is 1. The fraction of sp³-hybridized carbons (Fsp3) is 0.571. The van der Waals surface area contributed by atoms with Crippen molar-refractivity contribution in [3.63, 3.8) is 0 Å². The number of nitrogens with zero attached hydrogens (tertiary/aromatic N) is 1. The van der Waals surface area contributed by atoms with E-state index in [1.807, 2.05) is 0 Å². The molecule has 1 heterocycles. The minimum atomic E-state index is 0.879. The molecular formula is C14H22N2O. The molecule has 0 saturated carbocycles. The lowest BCUT2D eigenvalue weighted by Gasteiger charge is -2.26. The van der Waals surface area contributed by atoms with Crippen LogP contribution in [-0.4, -0.2) is 44.3 Å². The SMILES string of the molecule is Cc1ccc(NCCN2CCOCC2)cc1C. The second kappa shape index (κ2) is 6.03. The van der Waals surface area contributed by atoms with Gasteiger partial charge < -0.3 is 10.1 Å². The maximum absolute atomic E-state index is 5.33. The molecule has 0 amide bonds. The number of anilines is 1. The van der Waals surface area contributed by atoms with Crippen LogP contribution in [-0.2, 0) is 4.74 Å². The molecule has 1 aromatic rings. The summed E-state index contributed by atoms with van der Waals surface area (Å²) in [5.74, 6) is 0. The van der Waals surface area contributed by atoms with E-state index in [4.69, 9.17) is 4.74 Å². The summed E-state index contributed by atoms with van der Waals surface area (Å²) in [7, 11) is 0. The number of morpholine rings is 1. The average Bonchev–Trinajstić information content (AvgIpc) is 2.35. The third-order valence-electron chi connectivity index (χ3n) is 3.37. The number of aryl methyl sites for hydroxylation is 2. The molecule has 1 aromatic carbocycles. The van der Waals surface area contributed by atoms with Crippen LogP contribution in [0.5, 0.6) is 0 Å². The summed E-state index contributed by atoms with van der Waals surface area (Å²) < 4.78 is 5.33. The van der Waals surface area contributed by atoms with Crippen LogP contribution in [0.25, 0.3) is 0 Å². The summed E-state index contributed by atoms with van der Waals surface area (Å²) in [4.78, 5) is 2.44. The molecule has 3 nitrogen and oxygen atoms in total. The molecular weight excluding hydrogens is 212 g/mol. The molecule has 1 fully saturated rings. The molecule has 3 heteroatoms. The maximum Gasteiger partial charge on any atom is 0.0594 e. The van der Waals surface area contributed by atoms with Gasteiger partial charge in [0.15, 0.2) is 0 Å². The van der Waals surface area contributed by atoms with Crippen molar-refractivity contribution in [2.24, 2.45) is 0 Å². The molecule has 94 valence electrons. The minimum absolute atomic E-state index is 0.879. The fourth-order valence-corrected chi connectivity index (χ4v) is 2.03. The topological polar surface area (TPSA) is 24.5 Å². The van der Waals surface area contributed by atoms with Gasteiger partial charge in [-0.3, -0.25) is 4.90 Å². The zero-order valence-electron chi connectivity index (χ0n) is 10.8. The van der Waals surface area contributed by atoms with Crippen LogP contribution in [0, 0.1) is 13.8 Å². The number of nitrogens with one attached hydrogen (secondary N) is 1. The monoisotopic (exact) mass is 234 g/mol. The van der Waals surface area contributed by atoms with E-state index in [0.29, 0.717) is 0 Å². The first-order valence-corrected chi connectivity index (χ1v) is 6.37. The summed E-state index contributed by atoms with van der Waals surface area (Å²) in [6.45, 7) is 10.3. The van der Waals surface area contributed by atoms with E-state index in [0.717, 1.165) is 39.4 Å². The van der Waals surface area contributed by atoms with Crippen LogP contribution in [0.4, 0.5) is 5.69 Å². The van der Waals surface area contributed by atoms with Crippen molar-refractivity contribution in [2.75, 3.05) is 44.7 Å². The molecule has 0 bridgehead atoms. The van der Waals surface area contributed by atoms with Crippen molar-refractivity contribution >= 4 is 5.69 Å². The summed E-state index contributed by atoms with van der Waals surface area (Å²) in [5, 5.41) is 3.48. The first kappa shape index (κ1) is 12.4. The number of hydrogen-bond donors (Lipinski definition) is 1. The molecule has 0 atom stereocenters. The van der Waals surface area contributed by atoms with E-state index in [2.05, 4.69) is 42.3 Å². The molecule has 0 radical (unpaired) electrons. The molecule has 0 unspecified atom stereocenters. The van der Waals surface area contributed by atoms with E-state index < -0.39 is 0 Å². The minimum Gasteiger partial charge on any atom is -0.384 e. The fourth-order valence-electron chi connectivity index (χ4n) is 2.03. The van der Waals surface area contributed by atoms with Crippen molar-refractivity contribution < 1.29 is 4.74 Å². The Bertz CT molecular complexity index is 359. The zero-order chi connectivity index (χ0) is 12.1. The second-order valence-electron chi connectivity index (χ2n) is 4.68. The van der Waals surface area contributed by atoms with E-state index in [9.17, 15) is 0 Å². The van der Waals surface area contributed by atoms with Gasteiger partial charge in [0.2, 0.25) is 0 Å². The Balaban J connectivity index is 1.75. The van der Waals surface area contributed by atoms with Gasteiger partial charge in [0.05, 0.1) is 13.2 Å². The first-order valence-electron chi connectivity index (χ1n) is 6.37. The standard InChI is InChI=1S/C14H22N2O/c1-12-3-4-14(11-13(12)2)15-5-6-16-7-9-17-10-8-16/h3-4,11,15H,5-10H2,1-2H3. The van der Waals surface area contributed by atoms with Gasteiger partial charge in [0.1, 0.15) is 0 Å². The first-order chi connectivity index (χ1) is 8.25. The van der Waals surface area contributed by atoms with Gasteiger partial charge in [-0.1, -0.05) is 6.07 Å². The van der Waals surface area contributed by atoms with Crippen LogP contribution in [0.2, 0.25) is 0 Å². The molecule has 1 saturated heterocycles. The Labute approximate surface area is 104 Å². The highest BCUT2D eigenvalue weighted by Gasteiger charge is 2.08. The molecule has 0 spiro atoms. The number of hydrogen-bond acceptors (Lipinski definition) is 3. The molecule has 1 aliphatic rings. The summed E-state index contributed by atoms with van der Waals surface area (Å²) in [6, 6.07) is 6.54. The number of rotatable bonds is 4. The predicted molar refractivity (Wildman–Crippen MR) is 71.7 cm³/mol. The van der Waals surface area contributed by atoms with Gasteiger partial charge in [-0.15, -0.1) is 0 Å². The van der Waals surface area contributed by atoms with Gasteiger partial charge in [0.25, 0.3) is 0 Å². The van der Waals surface area contributed by atoms with Crippen LogP contribution in [0.1, 0.15) is 11.1 Å². The average molecular weight is 234 g/mol. The summed E-state index contributed by atoms with van der Waals surface area (Å²) >= 11 is 0.